The molecule has 0 amide bonds. The van der Waals surface area contributed by atoms with Crippen LogP contribution in [0.4, 0.5) is 4.79 Å². The molecule has 2 radical (unpaired) electrons. The van der Waals surface area contributed by atoms with Crippen LogP contribution in [0.5, 0.6) is 0 Å². The van der Waals surface area contributed by atoms with Crippen molar-refractivity contribution in [1.29, 1.82) is 0 Å². The zero-order valence-electron chi connectivity index (χ0n) is 7.68. The smallest absolute Gasteiger partial charge is 0.184 e. The molecular formula is C8H15BOS. The second-order valence-electron chi connectivity index (χ2n) is 3.78. The first-order valence-electron chi connectivity index (χ1n) is 3.82. The van der Waals surface area contributed by atoms with E-state index in [0.29, 0.717) is 5.92 Å². The fourth-order valence-electron chi connectivity index (χ4n) is 1.30. The summed E-state index contributed by atoms with van der Waals surface area (Å²) in [4.78, 5) is 10.6. The van der Waals surface area contributed by atoms with Gasteiger partial charge >= 0.3 is 0 Å². The van der Waals surface area contributed by atoms with Crippen LogP contribution >= 0.6 is 11.8 Å². The Kier molecular flexibility index (Phi) is 4.23. The number of thioether (sulfide) groups is 1. The van der Waals surface area contributed by atoms with Gasteiger partial charge in [-0.15, -0.1) is 0 Å². The van der Waals surface area contributed by atoms with Gasteiger partial charge in [-0.1, -0.05) is 39.5 Å². The third kappa shape index (κ3) is 6.48. The summed E-state index contributed by atoms with van der Waals surface area (Å²) in [7, 11) is 5.08. The quantitative estimate of drug-likeness (QED) is 0.605. The first-order chi connectivity index (χ1) is 4.83. The van der Waals surface area contributed by atoms with E-state index in [4.69, 9.17) is 7.85 Å². The molecule has 0 aromatic heterocycles. The first-order valence-corrected chi connectivity index (χ1v) is 4.63. The maximum absolute atomic E-state index is 10.6. The number of carbonyl (C=O) groups excluding carboxylic acids is 1. The van der Waals surface area contributed by atoms with Crippen LogP contribution in [0.2, 0.25) is 0 Å². The van der Waals surface area contributed by atoms with Crippen molar-refractivity contribution < 1.29 is 4.79 Å². The van der Waals surface area contributed by atoms with Gasteiger partial charge in [0.25, 0.3) is 0 Å². The van der Waals surface area contributed by atoms with E-state index in [-0.39, 0.29) is 9.76 Å². The second-order valence-corrected chi connectivity index (χ2v) is 5.49. The summed E-state index contributed by atoms with van der Waals surface area (Å²) in [5, 5.41) is -0.282. The fraction of sp³-hybridized carbons (Fsp3) is 0.875. The summed E-state index contributed by atoms with van der Waals surface area (Å²) in [6.45, 7) is 8.37. The zero-order valence-corrected chi connectivity index (χ0v) is 8.49. The average Bonchev–Trinajstić information content (AvgIpc) is 1.53. The summed E-state index contributed by atoms with van der Waals surface area (Å²) in [5.74, 6) is 0.608. The molecule has 0 aliphatic rings. The van der Waals surface area contributed by atoms with Crippen LogP contribution in [-0.2, 0) is 0 Å². The van der Waals surface area contributed by atoms with E-state index in [1.54, 1.807) is 0 Å². The van der Waals surface area contributed by atoms with E-state index < -0.39 is 0 Å². The minimum atomic E-state index is -0.282. The van der Waals surface area contributed by atoms with Gasteiger partial charge in [0.15, 0.2) is 7.85 Å². The third-order valence-corrected chi connectivity index (χ3v) is 2.20. The van der Waals surface area contributed by atoms with Crippen molar-refractivity contribution in [3.63, 3.8) is 0 Å². The summed E-state index contributed by atoms with van der Waals surface area (Å²) >= 11 is 1.22. The Morgan fingerprint density at radius 2 is 2.00 bits per heavy atom. The first kappa shape index (κ1) is 11.1. The molecule has 0 bridgehead atoms. The molecule has 0 atom stereocenters. The molecule has 0 saturated heterocycles. The Hall–Kier alpha value is 0.0849. The Bertz CT molecular complexity index is 143. The number of carbonyl (C=O) groups is 1. The van der Waals surface area contributed by atoms with Gasteiger partial charge in [-0.3, -0.25) is 0 Å². The molecule has 0 spiro atoms. The molecule has 0 N–H and O–H groups in total. The van der Waals surface area contributed by atoms with Crippen molar-refractivity contribution in [2.75, 3.05) is 0 Å². The van der Waals surface area contributed by atoms with Gasteiger partial charge in [-0.05, 0) is 12.3 Å². The molecule has 3 heteroatoms. The predicted octanol–water partition coefficient (Wildman–Crippen LogP) is 2.83. The molecule has 0 saturated carbocycles. The molecule has 0 fully saturated rings. The van der Waals surface area contributed by atoms with Gasteiger partial charge in [-0.25, -0.2) is 0 Å². The molecule has 62 valence electrons. The van der Waals surface area contributed by atoms with Crippen molar-refractivity contribution in [2.45, 2.75) is 38.9 Å². The van der Waals surface area contributed by atoms with Crippen molar-refractivity contribution >= 4 is 24.6 Å². The van der Waals surface area contributed by atoms with E-state index in [9.17, 15) is 4.79 Å². The van der Waals surface area contributed by atoms with Crippen LogP contribution in [0.15, 0.2) is 0 Å². The lowest BCUT2D eigenvalue weighted by molar-refractivity contribution is 0.275. The third-order valence-electron chi connectivity index (χ3n) is 1.28. The average molecular weight is 170 g/mol. The maximum Gasteiger partial charge on any atom is 0.184 e. The lowest BCUT2D eigenvalue weighted by Gasteiger charge is -2.24. The lowest BCUT2D eigenvalue weighted by atomic mass is 10.00. The highest BCUT2D eigenvalue weighted by atomic mass is 32.2. The summed E-state index contributed by atoms with van der Waals surface area (Å²) in [5.41, 5.74) is 0. The molecule has 11 heavy (non-hydrogen) atoms. The van der Waals surface area contributed by atoms with Crippen molar-refractivity contribution in [3.8, 4) is 0 Å². The van der Waals surface area contributed by atoms with E-state index in [0.717, 1.165) is 6.42 Å². The highest BCUT2D eigenvalue weighted by Gasteiger charge is 2.21. The highest BCUT2D eigenvalue weighted by Crippen LogP contribution is 2.31. The Morgan fingerprint density at radius 1 is 1.55 bits per heavy atom. The van der Waals surface area contributed by atoms with Crippen LogP contribution in [-0.4, -0.2) is 17.6 Å². The Labute approximate surface area is 74.7 Å². The highest BCUT2D eigenvalue weighted by molar-refractivity contribution is 8.17. The molecule has 0 rings (SSSR count). The second kappa shape index (κ2) is 4.20. The molecule has 0 aliphatic carbocycles. The minimum absolute atomic E-state index is 0.0139. The SMILES string of the molecule is [B]C(=O)SC(C)(C)CC(C)C. The van der Waals surface area contributed by atoms with Gasteiger partial charge in [0, 0.05) is 4.75 Å². The van der Waals surface area contributed by atoms with E-state index >= 15 is 0 Å². The monoisotopic (exact) mass is 170 g/mol. The minimum Gasteiger partial charge on any atom is -0.301 e. The zero-order chi connectivity index (χ0) is 9.07. The number of hydrogen-bond donors (Lipinski definition) is 0. The predicted molar refractivity (Wildman–Crippen MR) is 52.3 cm³/mol. The Morgan fingerprint density at radius 3 is 2.27 bits per heavy atom. The normalized spacial score (nSPS) is 12.1. The van der Waals surface area contributed by atoms with Crippen LogP contribution in [0.25, 0.3) is 0 Å². The summed E-state index contributed by atoms with van der Waals surface area (Å²) < 4.78 is -0.0139. The van der Waals surface area contributed by atoms with Crippen LogP contribution < -0.4 is 0 Å². The molecule has 0 aromatic carbocycles. The van der Waals surface area contributed by atoms with Gasteiger partial charge in [0.1, 0.15) is 5.01 Å². The topological polar surface area (TPSA) is 17.1 Å². The van der Waals surface area contributed by atoms with Gasteiger partial charge in [0.2, 0.25) is 0 Å². The molecule has 0 aromatic rings. The molecule has 0 aliphatic heterocycles. The van der Waals surface area contributed by atoms with Crippen LogP contribution in [0, 0.1) is 5.92 Å². The number of hydrogen-bond acceptors (Lipinski definition) is 2. The Balaban J connectivity index is 3.89. The molecule has 0 heterocycles. The van der Waals surface area contributed by atoms with Gasteiger partial charge < -0.3 is 4.79 Å². The van der Waals surface area contributed by atoms with Crippen molar-refractivity contribution in [3.05, 3.63) is 0 Å². The summed E-state index contributed by atoms with van der Waals surface area (Å²) in [6, 6.07) is 0. The van der Waals surface area contributed by atoms with Crippen molar-refractivity contribution in [2.24, 2.45) is 5.92 Å². The van der Waals surface area contributed by atoms with Crippen molar-refractivity contribution in [1.82, 2.24) is 0 Å². The van der Waals surface area contributed by atoms with E-state index in [2.05, 4.69) is 13.8 Å². The largest absolute Gasteiger partial charge is 0.301 e. The van der Waals surface area contributed by atoms with E-state index in [1.165, 1.54) is 11.8 Å². The van der Waals surface area contributed by atoms with Gasteiger partial charge in [0.05, 0.1) is 0 Å². The van der Waals surface area contributed by atoms with Crippen LogP contribution in [0.1, 0.15) is 34.1 Å². The van der Waals surface area contributed by atoms with Gasteiger partial charge in [-0.2, -0.15) is 0 Å². The van der Waals surface area contributed by atoms with E-state index in [1.807, 2.05) is 13.8 Å². The standard InChI is InChI=1S/C8H15BOS/c1-6(2)5-8(3,4)11-7(9)10/h6H,5H2,1-4H3. The molecule has 1 nitrogen and oxygen atoms in total. The summed E-state index contributed by atoms with van der Waals surface area (Å²) in [6.07, 6.45) is 1.01. The maximum atomic E-state index is 10.6. The molecule has 0 unspecified atom stereocenters. The fourth-order valence-corrected chi connectivity index (χ4v) is 2.26. The van der Waals surface area contributed by atoms with Crippen LogP contribution in [0.3, 0.4) is 0 Å². The number of rotatable bonds is 3. The molecular weight excluding hydrogens is 155 g/mol. The lowest BCUT2D eigenvalue weighted by Crippen LogP contribution is -2.19.